The summed E-state index contributed by atoms with van der Waals surface area (Å²) in [4.78, 5) is 0. The lowest BCUT2D eigenvalue weighted by Crippen LogP contribution is -2.30. The van der Waals surface area contributed by atoms with Crippen LogP contribution in [0.25, 0.3) is 0 Å². The lowest BCUT2D eigenvalue weighted by Gasteiger charge is -2.29. The van der Waals surface area contributed by atoms with Gasteiger partial charge in [0.1, 0.15) is 5.76 Å². The molecule has 2 heteroatoms. The summed E-state index contributed by atoms with van der Waals surface area (Å²) in [6.07, 6.45) is 4.09. The Hall–Kier alpha value is -1.54. The molecule has 1 aromatic heterocycles. The van der Waals surface area contributed by atoms with E-state index in [1.807, 2.05) is 6.07 Å². The van der Waals surface area contributed by atoms with E-state index in [1.165, 1.54) is 12.0 Å². The maximum absolute atomic E-state index is 5.49. The third kappa shape index (κ3) is 2.27. The maximum Gasteiger partial charge on any atom is 0.120 e. The summed E-state index contributed by atoms with van der Waals surface area (Å²) in [5.41, 5.74) is 1.45. The van der Waals surface area contributed by atoms with Gasteiger partial charge >= 0.3 is 0 Å². The Kier molecular flexibility index (Phi) is 2.97. The summed E-state index contributed by atoms with van der Waals surface area (Å²) in [6.45, 7) is 1.06. The molecule has 2 heterocycles. The Labute approximate surface area is 102 Å². The zero-order chi connectivity index (χ0) is 11.5. The zero-order valence-electron chi connectivity index (χ0n) is 9.80. The van der Waals surface area contributed by atoms with E-state index < -0.39 is 0 Å². The van der Waals surface area contributed by atoms with Crippen LogP contribution in [0.5, 0.6) is 0 Å². The molecule has 1 fully saturated rings. The monoisotopic (exact) mass is 227 g/mol. The number of nitrogens with one attached hydrogen (secondary N) is 1. The van der Waals surface area contributed by atoms with Crippen LogP contribution in [0.15, 0.2) is 53.1 Å². The molecule has 0 bridgehead atoms. The molecule has 0 amide bonds. The quantitative estimate of drug-likeness (QED) is 0.849. The summed E-state index contributed by atoms with van der Waals surface area (Å²) in [5, 5.41) is 3.53. The largest absolute Gasteiger partial charge is 0.468 e. The normalized spacial score (nSPS) is 24.7. The predicted octanol–water partition coefficient (Wildman–Crippen LogP) is 3.49. The number of benzene rings is 1. The second-order valence-electron chi connectivity index (χ2n) is 4.65. The molecule has 2 nitrogen and oxygen atoms in total. The highest BCUT2D eigenvalue weighted by Crippen LogP contribution is 2.33. The summed E-state index contributed by atoms with van der Waals surface area (Å²) in [5.74, 6) is 1.71. The Morgan fingerprint density at radius 3 is 2.71 bits per heavy atom. The number of hydrogen-bond donors (Lipinski definition) is 1. The van der Waals surface area contributed by atoms with Gasteiger partial charge in [0.25, 0.3) is 0 Å². The van der Waals surface area contributed by atoms with Crippen LogP contribution in [0.4, 0.5) is 0 Å². The average Bonchev–Trinajstić information content (AvgIpc) is 2.94. The molecule has 1 N–H and O–H groups in total. The molecule has 88 valence electrons. The minimum absolute atomic E-state index is 0.365. The van der Waals surface area contributed by atoms with E-state index in [-0.39, 0.29) is 0 Å². The highest BCUT2D eigenvalue weighted by molar-refractivity contribution is 5.21. The van der Waals surface area contributed by atoms with Crippen molar-refractivity contribution >= 4 is 0 Å². The van der Waals surface area contributed by atoms with Crippen LogP contribution in [0.3, 0.4) is 0 Å². The molecule has 0 spiro atoms. The lowest BCUT2D eigenvalue weighted by atomic mass is 9.86. The Morgan fingerprint density at radius 2 is 1.94 bits per heavy atom. The molecular weight excluding hydrogens is 210 g/mol. The second kappa shape index (κ2) is 4.76. The highest BCUT2D eigenvalue weighted by atomic mass is 16.3. The van der Waals surface area contributed by atoms with Crippen molar-refractivity contribution in [1.29, 1.82) is 0 Å². The number of piperidine rings is 1. The molecule has 0 unspecified atom stereocenters. The second-order valence-corrected chi connectivity index (χ2v) is 4.65. The fraction of sp³-hybridized carbons (Fsp3) is 0.333. The van der Waals surface area contributed by atoms with Gasteiger partial charge in [-0.3, -0.25) is 0 Å². The molecule has 2 atom stereocenters. The van der Waals surface area contributed by atoms with Crippen LogP contribution in [0.1, 0.15) is 36.1 Å². The van der Waals surface area contributed by atoms with Gasteiger partial charge in [-0.15, -0.1) is 0 Å². The molecule has 1 aromatic carbocycles. The van der Waals surface area contributed by atoms with Crippen molar-refractivity contribution in [1.82, 2.24) is 5.32 Å². The maximum atomic E-state index is 5.49. The molecule has 17 heavy (non-hydrogen) atoms. The van der Waals surface area contributed by atoms with Crippen molar-refractivity contribution in [2.75, 3.05) is 6.54 Å². The van der Waals surface area contributed by atoms with Crippen LogP contribution >= 0.6 is 0 Å². The molecule has 0 saturated carbocycles. The Morgan fingerprint density at radius 1 is 1.06 bits per heavy atom. The SMILES string of the molecule is c1ccc([C@H]2CCN[C@H](c3ccco3)C2)cc1. The topological polar surface area (TPSA) is 25.2 Å². The molecule has 0 aliphatic carbocycles. The molecule has 1 aliphatic rings. The van der Waals surface area contributed by atoms with Gasteiger partial charge < -0.3 is 9.73 Å². The zero-order valence-corrected chi connectivity index (χ0v) is 9.80. The third-order valence-corrected chi connectivity index (χ3v) is 3.56. The highest BCUT2D eigenvalue weighted by Gasteiger charge is 2.25. The molecule has 1 saturated heterocycles. The van der Waals surface area contributed by atoms with Gasteiger partial charge in [0.15, 0.2) is 0 Å². The first-order chi connectivity index (χ1) is 8.43. The molecule has 0 radical (unpaired) electrons. The smallest absolute Gasteiger partial charge is 0.120 e. The summed E-state index contributed by atoms with van der Waals surface area (Å²) in [7, 11) is 0. The summed E-state index contributed by atoms with van der Waals surface area (Å²) < 4.78 is 5.49. The third-order valence-electron chi connectivity index (χ3n) is 3.56. The van der Waals surface area contributed by atoms with Crippen LogP contribution in [-0.4, -0.2) is 6.54 Å². The van der Waals surface area contributed by atoms with Gasteiger partial charge in [0.05, 0.1) is 12.3 Å². The predicted molar refractivity (Wildman–Crippen MR) is 67.9 cm³/mol. The van der Waals surface area contributed by atoms with Gasteiger partial charge in [-0.05, 0) is 43.0 Å². The Bertz CT molecular complexity index is 449. The lowest BCUT2D eigenvalue weighted by molar-refractivity contribution is 0.322. The molecule has 3 rings (SSSR count). The van der Waals surface area contributed by atoms with E-state index in [9.17, 15) is 0 Å². The van der Waals surface area contributed by atoms with Crippen LogP contribution < -0.4 is 5.32 Å². The number of rotatable bonds is 2. The van der Waals surface area contributed by atoms with Crippen LogP contribution in [-0.2, 0) is 0 Å². The van der Waals surface area contributed by atoms with E-state index >= 15 is 0 Å². The van der Waals surface area contributed by atoms with Gasteiger partial charge in [-0.1, -0.05) is 30.3 Å². The summed E-state index contributed by atoms with van der Waals surface area (Å²) in [6, 6.07) is 15.2. The fourth-order valence-corrected chi connectivity index (χ4v) is 2.65. The van der Waals surface area contributed by atoms with Crippen molar-refractivity contribution in [3.05, 3.63) is 60.1 Å². The van der Waals surface area contributed by atoms with E-state index in [0.717, 1.165) is 18.7 Å². The number of furan rings is 1. The van der Waals surface area contributed by atoms with Gasteiger partial charge in [-0.2, -0.15) is 0 Å². The fourth-order valence-electron chi connectivity index (χ4n) is 2.65. The first-order valence-electron chi connectivity index (χ1n) is 6.25. The summed E-state index contributed by atoms with van der Waals surface area (Å²) >= 11 is 0. The van der Waals surface area contributed by atoms with Crippen molar-refractivity contribution in [2.45, 2.75) is 24.8 Å². The number of hydrogen-bond acceptors (Lipinski definition) is 2. The van der Waals surface area contributed by atoms with Crippen molar-refractivity contribution in [3.63, 3.8) is 0 Å². The van der Waals surface area contributed by atoms with E-state index in [1.54, 1.807) is 6.26 Å². The molecule has 2 aromatic rings. The minimum atomic E-state index is 0.365. The first kappa shape index (κ1) is 10.6. The van der Waals surface area contributed by atoms with E-state index in [0.29, 0.717) is 12.0 Å². The molecule has 1 aliphatic heterocycles. The van der Waals surface area contributed by atoms with Crippen molar-refractivity contribution < 1.29 is 4.42 Å². The minimum Gasteiger partial charge on any atom is -0.468 e. The van der Waals surface area contributed by atoms with Crippen molar-refractivity contribution in [2.24, 2.45) is 0 Å². The van der Waals surface area contributed by atoms with Gasteiger partial charge in [0.2, 0.25) is 0 Å². The van der Waals surface area contributed by atoms with Crippen molar-refractivity contribution in [3.8, 4) is 0 Å². The standard InChI is InChI=1S/C15H17NO/c1-2-5-12(6-3-1)13-8-9-16-14(11-13)15-7-4-10-17-15/h1-7,10,13-14,16H,8-9,11H2/t13-,14-/m0/s1. The van der Waals surface area contributed by atoms with E-state index in [2.05, 4.69) is 41.7 Å². The van der Waals surface area contributed by atoms with Crippen LogP contribution in [0, 0.1) is 0 Å². The Balaban J connectivity index is 1.76. The molecular formula is C15H17NO. The average molecular weight is 227 g/mol. The van der Waals surface area contributed by atoms with E-state index in [4.69, 9.17) is 4.42 Å². The van der Waals surface area contributed by atoms with Gasteiger partial charge in [0, 0.05) is 0 Å². The van der Waals surface area contributed by atoms with Crippen LogP contribution in [0.2, 0.25) is 0 Å². The first-order valence-corrected chi connectivity index (χ1v) is 6.25. The van der Waals surface area contributed by atoms with Gasteiger partial charge in [-0.25, -0.2) is 0 Å².